The van der Waals surface area contributed by atoms with Crippen LogP contribution in [-0.2, 0) is 21.4 Å². The predicted octanol–water partition coefficient (Wildman–Crippen LogP) is 2.11. The third-order valence-electron chi connectivity index (χ3n) is 5.57. The second-order valence-corrected chi connectivity index (χ2v) is 7.32. The van der Waals surface area contributed by atoms with E-state index < -0.39 is 17.6 Å². The molecule has 2 heterocycles. The van der Waals surface area contributed by atoms with Gasteiger partial charge < -0.3 is 11.1 Å². The van der Waals surface area contributed by atoms with Crippen molar-refractivity contribution in [2.24, 2.45) is 5.73 Å². The number of halogens is 1. The van der Waals surface area contributed by atoms with Crippen molar-refractivity contribution in [3.05, 3.63) is 70.3 Å². The van der Waals surface area contributed by atoms with Gasteiger partial charge in [0, 0.05) is 12.2 Å². The van der Waals surface area contributed by atoms with Gasteiger partial charge in [0.25, 0.3) is 6.57 Å². The standard InChI is InChI=1S/C21H19FN4O2/c1-24-18-11-21(15-7-2-3-8-17(15)25-20(21)28)12-26(18)19(27)16(23)10-13-5-4-6-14(22)9-13/h1-9,16,18H,10-12,23H2/p+1/t16?,18-,21-/m0/s1. The largest absolute Gasteiger partial charge is 0.350 e. The Hall–Kier alpha value is -3.24. The first kappa shape index (κ1) is 18.1. The number of fused-ring (bicyclic) bond motifs is 2. The van der Waals surface area contributed by atoms with Crippen molar-refractivity contribution in [3.63, 3.8) is 0 Å². The number of benzene rings is 2. The van der Waals surface area contributed by atoms with E-state index in [4.69, 9.17) is 12.3 Å². The number of nitrogens with zero attached hydrogens (tertiary/aromatic N) is 2. The van der Waals surface area contributed by atoms with Gasteiger partial charge in [-0.05, 0) is 35.7 Å². The number of hydrogen-bond acceptors (Lipinski definition) is 3. The molecule has 1 fully saturated rings. The zero-order valence-corrected chi connectivity index (χ0v) is 15.1. The van der Waals surface area contributed by atoms with Crippen LogP contribution in [0.5, 0.6) is 0 Å². The van der Waals surface area contributed by atoms with Gasteiger partial charge in [0.1, 0.15) is 11.2 Å². The fourth-order valence-corrected chi connectivity index (χ4v) is 4.19. The van der Waals surface area contributed by atoms with Gasteiger partial charge in [-0.2, -0.15) is 0 Å². The summed E-state index contributed by atoms with van der Waals surface area (Å²) in [5, 5.41) is 2.88. The Morgan fingerprint density at radius 1 is 1.36 bits per heavy atom. The van der Waals surface area contributed by atoms with Crippen LogP contribution in [0.25, 0.3) is 4.85 Å². The lowest BCUT2D eigenvalue weighted by Gasteiger charge is -2.23. The molecule has 7 heteroatoms. The molecule has 0 bridgehead atoms. The highest BCUT2D eigenvalue weighted by molar-refractivity contribution is 6.07. The summed E-state index contributed by atoms with van der Waals surface area (Å²) >= 11 is 0. The monoisotopic (exact) mass is 379 g/mol. The molecular weight excluding hydrogens is 359 g/mol. The highest BCUT2D eigenvalue weighted by Gasteiger charge is 2.59. The van der Waals surface area contributed by atoms with Crippen LogP contribution in [0.2, 0.25) is 0 Å². The summed E-state index contributed by atoms with van der Waals surface area (Å²) < 4.78 is 13.4. The molecule has 2 aliphatic heterocycles. The average molecular weight is 379 g/mol. The van der Waals surface area contributed by atoms with Crippen molar-refractivity contribution in [3.8, 4) is 6.57 Å². The molecule has 28 heavy (non-hydrogen) atoms. The maximum absolute atomic E-state index is 13.4. The van der Waals surface area contributed by atoms with Crippen LogP contribution in [0.1, 0.15) is 17.5 Å². The van der Waals surface area contributed by atoms with Crippen LogP contribution in [0, 0.1) is 12.4 Å². The number of rotatable bonds is 3. The van der Waals surface area contributed by atoms with Gasteiger partial charge in [0.15, 0.2) is 0 Å². The summed E-state index contributed by atoms with van der Waals surface area (Å²) in [4.78, 5) is 31.1. The molecule has 2 aromatic rings. The highest BCUT2D eigenvalue weighted by Crippen LogP contribution is 2.46. The van der Waals surface area contributed by atoms with Gasteiger partial charge >= 0.3 is 6.17 Å². The summed E-state index contributed by atoms with van der Waals surface area (Å²) in [7, 11) is 0. The van der Waals surface area contributed by atoms with E-state index in [1.54, 1.807) is 12.1 Å². The minimum atomic E-state index is -0.891. The smallest absolute Gasteiger partial charge is 0.325 e. The molecule has 1 unspecified atom stereocenters. The summed E-state index contributed by atoms with van der Waals surface area (Å²) in [6.45, 7) is 5.71. The van der Waals surface area contributed by atoms with E-state index in [1.807, 2.05) is 24.3 Å². The molecule has 0 radical (unpaired) electrons. The van der Waals surface area contributed by atoms with Crippen LogP contribution in [-0.4, -0.2) is 35.5 Å². The highest BCUT2D eigenvalue weighted by atomic mass is 19.1. The molecule has 0 aliphatic carbocycles. The van der Waals surface area contributed by atoms with E-state index in [-0.39, 0.29) is 30.6 Å². The summed E-state index contributed by atoms with van der Waals surface area (Å²) in [6.07, 6.45) is -0.173. The van der Waals surface area contributed by atoms with Gasteiger partial charge in [0.05, 0.1) is 12.5 Å². The predicted molar refractivity (Wildman–Crippen MR) is 103 cm³/mol. The van der Waals surface area contributed by atoms with E-state index in [0.29, 0.717) is 12.0 Å². The maximum atomic E-state index is 13.4. The average Bonchev–Trinajstić information content (AvgIpc) is 3.20. The number of nitrogens with two attached hydrogens (primary N) is 1. The Morgan fingerprint density at radius 3 is 2.89 bits per heavy atom. The Labute approximate surface area is 162 Å². The van der Waals surface area contributed by atoms with E-state index >= 15 is 0 Å². The quantitative estimate of drug-likeness (QED) is 0.857. The number of anilines is 1. The lowest BCUT2D eigenvalue weighted by molar-refractivity contribution is -0.133. The third-order valence-corrected chi connectivity index (χ3v) is 5.57. The Kier molecular flexibility index (Phi) is 4.36. The van der Waals surface area contributed by atoms with Gasteiger partial charge in [-0.25, -0.2) is 4.39 Å². The molecule has 0 aromatic heterocycles. The van der Waals surface area contributed by atoms with Crippen LogP contribution >= 0.6 is 0 Å². The van der Waals surface area contributed by atoms with Crippen molar-refractivity contribution in [1.29, 1.82) is 0 Å². The SMILES string of the molecule is C#[N+][C@@H]1C[C@@]2(CN1C(=O)C(N)Cc1cccc(F)c1)C(=O)Nc1ccccc12. The van der Waals surface area contributed by atoms with E-state index in [2.05, 4.69) is 10.2 Å². The lowest BCUT2D eigenvalue weighted by atomic mass is 9.80. The number of likely N-dealkylation sites (tertiary alicyclic amines) is 1. The fraction of sp³-hybridized carbons (Fsp3) is 0.286. The number of hydrogen-bond donors (Lipinski definition) is 2. The van der Waals surface area contributed by atoms with Crippen molar-refractivity contribution < 1.29 is 14.0 Å². The molecule has 2 aromatic carbocycles. The van der Waals surface area contributed by atoms with Crippen molar-refractivity contribution in [2.45, 2.75) is 30.5 Å². The van der Waals surface area contributed by atoms with Crippen LogP contribution < -0.4 is 11.1 Å². The first-order chi connectivity index (χ1) is 13.4. The Balaban J connectivity index is 1.59. The summed E-state index contributed by atoms with van der Waals surface area (Å²) in [6, 6.07) is 12.5. The molecule has 2 aliphatic rings. The zero-order valence-electron chi connectivity index (χ0n) is 15.1. The fourth-order valence-electron chi connectivity index (χ4n) is 4.19. The number of nitrogens with one attached hydrogen (secondary N) is 1. The minimum Gasteiger partial charge on any atom is -0.325 e. The normalized spacial score (nSPS) is 24.0. The van der Waals surface area contributed by atoms with Crippen molar-refractivity contribution >= 4 is 17.5 Å². The van der Waals surface area contributed by atoms with E-state index in [0.717, 1.165) is 11.3 Å². The number of amides is 2. The Morgan fingerprint density at radius 2 is 2.14 bits per heavy atom. The second-order valence-electron chi connectivity index (χ2n) is 7.32. The lowest BCUT2D eigenvalue weighted by Crippen LogP contribution is -2.48. The van der Waals surface area contributed by atoms with E-state index in [1.165, 1.54) is 17.0 Å². The number of para-hydroxylation sites is 1. The first-order valence-electron chi connectivity index (χ1n) is 9.06. The zero-order chi connectivity index (χ0) is 19.9. The summed E-state index contributed by atoms with van der Waals surface area (Å²) in [5.74, 6) is -0.916. The molecule has 0 saturated carbocycles. The summed E-state index contributed by atoms with van der Waals surface area (Å²) in [5.41, 5.74) is 7.42. The minimum absolute atomic E-state index is 0.150. The Bertz CT molecular complexity index is 1000. The van der Waals surface area contributed by atoms with Gasteiger partial charge in [-0.3, -0.25) is 14.5 Å². The third kappa shape index (κ3) is 2.83. The van der Waals surface area contributed by atoms with Gasteiger partial charge in [0.2, 0.25) is 11.8 Å². The molecular formula is C21H20FN4O2+. The number of carbonyl (C=O) groups is 2. The molecule has 142 valence electrons. The molecule has 3 N–H and O–H groups in total. The molecule has 4 rings (SSSR count). The molecule has 2 amide bonds. The van der Waals surface area contributed by atoms with Crippen LogP contribution in [0.3, 0.4) is 0 Å². The van der Waals surface area contributed by atoms with Gasteiger partial charge in [-0.15, -0.1) is 0 Å². The molecule has 6 nitrogen and oxygen atoms in total. The maximum Gasteiger partial charge on any atom is 0.350 e. The molecule has 3 atom stereocenters. The van der Waals surface area contributed by atoms with Crippen molar-refractivity contribution in [2.75, 3.05) is 11.9 Å². The topological polar surface area (TPSA) is 79.8 Å². The number of carbonyl (C=O) groups excluding carboxylic acids is 2. The van der Waals surface area contributed by atoms with Crippen LogP contribution in [0.4, 0.5) is 10.1 Å². The van der Waals surface area contributed by atoms with Crippen molar-refractivity contribution in [1.82, 2.24) is 4.90 Å². The first-order valence-corrected chi connectivity index (χ1v) is 9.06. The van der Waals surface area contributed by atoms with Gasteiger partial charge in [-0.1, -0.05) is 35.2 Å². The van der Waals surface area contributed by atoms with Crippen LogP contribution in [0.15, 0.2) is 48.5 Å². The molecule has 1 saturated heterocycles. The molecule has 1 spiro atoms. The second kappa shape index (κ2) is 6.73. The van der Waals surface area contributed by atoms with E-state index in [9.17, 15) is 14.0 Å².